The Balaban J connectivity index is 1.28. The molecule has 1 amide bonds. The molecule has 1 aromatic heterocycles. The monoisotopic (exact) mass is 523 g/mol. The molecular weight excluding hydrogens is 502 g/mol. The van der Waals surface area contributed by atoms with Crippen molar-refractivity contribution in [3.8, 4) is 16.9 Å². The average Bonchev–Trinajstić information content (AvgIpc) is 3.41. The third kappa shape index (κ3) is 5.14. The van der Waals surface area contributed by atoms with Crippen LogP contribution in [-0.2, 0) is 24.1 Å². The number of rotatable bonds is 5. The number of H-pyrrole nitrogens is 1. The molecule has 10 heteroatoms. The van der Waals surface area contributed by atoms with Crippen LogP contribution in [-0.4, -0.2) is 40.0 Å². The van der Waals surface area contributed by atoms with Crippen LogP contribution in [0, 0.1) is 5.92 Å². The maximum absolute atomic E-state index is 13.2. The van der Waals surface area contributed by atoms with E-state index >= 15 is 0 Å². The largest absolute Gasteiger partial charge is 0.573 e. The van der Waals surface area contributed by atoms with Crippen molar-refractivity contribution < 1.29 is 22.7 Å². The van der Waals surface area contributed by atoms with Gasteiger partial charge in [0.1, 0.15) is 5.75 Å². The van der Waals surface area contributed by atoms with Crippen molar-refractivity contribution in [1.29, 1.82) is 0 Å². The van der Waals surface area contributed by atoms with Crippen LogP contribution >= 0.6 is 23.2 Å². The van der Waals surface area contributed by atoms with Crippen molar-refractivity contribution in [3.05, 3.63) is 69.5 Å². The summed E-state index contributed by atoms with van der Waals surface area (Å²) in [5, 5.41) is 7.99. The minimum Gasteiger partial charge on any atom is -0.406 e. The van der Waals surface area contributed by atoms with Crippen LogP contribution in [0.15, 0.2) is 42.6 Å². The molecule has 5 rings (SSSR count). The topological polar surface area (TPSA) is 58.2 Å². The molecule has 0 spiro atoms. The number of benzene rings is 2. The predicted octanol–water partition coefficient (Wildman–Crippen LogP) is 6.23. The smallest absolute Gasteiger partial charge is 0.406 e. The molecule has 184 valence electrons. The van der Waals surface area contributed by atoms with E-state index in [-0.39, 0.29) is 23.6 Å². The van der Waals surface area contributed by atoms with E-state index in [1.54, 1.807) is 12.1 Å². The van der Waals surface area contributed by atoms with Crippen LogP contribution in [0.3, 0.4) is 0 Å². The molecule has 5 nitrogen and oxygen atoms in total. The average molecular weight is 524 g/mol. The summed E-state index contributed by atoms with van der Waals surface area (Å²) in [7, 11) is 0. The van der Waals surface area contributed by atoms with Crippen molar-refractivity contribution in [2.45, 2.75) is 44.5 Å². The van der Waals surface area contributed by atoms with Crippen LogP contribution in [0.2, 0.25) is 10.0 Å². The lowest BCUT2D eigenvalue weighted by Gasteiger charge is -2.31. The van der Waals surface area contributed by atoms with E-state index in [1.165, 1.54) is 29.8 Å². The molecule has 2 aromatic carbocycles. The third-order valence-electron chi connectivity index (χ3n) is 6.79. The number of nitrogens with one attached hydrogen (secondary N) is 1. The normalized spacial score (nSPS) is 20.3. The van der Waals surface area contributed by atoms with Crippen molar-refractivity contribution >= 4 is 29.1 Å². The Morgan fingerprint density at radius 3 is 2.49 bits per heavy atom. The van der Waals surface area contributed by atoms with Gasteiger partial charge in [0.15, 0.2) is 0 Å². The van der Waals surface area contributed by atoms with E-state index < -0.39 is 6.36 Å². The van der Waals surface area contributed by atoms with Crippen molar-refractivity contribution in [2.75, 3.05) is 6.54 Å². The highest BCUT2D eigenvalue weighted by Crippen LogP contribution is 2.37. The Morgan fingerprint density at radius 1 is 1.09 bits per heavy atom. The fourth-order valence-corrected chi connectivity index (χ4v) is 5.68. The molecule has 0 radical (unpaired) electrons. The molecule has 1 N–H and O–H groups in total. The van der Waals surface area contributed by atoms with E-state index in [0.29, 0.717) is 39.7 Å². The fourth-order valence-electron chi connectivity index (χ4n) is 5.04. The van der Waals surface area contributed by atoms with Crippen molar-refractivity contribution in [3.63, 3.8) is 0 Å². The van der Waals surface area contributed by atoms with Gasteiger partial charge in [-0.15, -0.1) is 13.2 Å². The van der Waals surface area contributed by atoms with Gasteiger partial charge in [0.05, 0.1) is 6.20 Å². The first-order chi connectivity index (χ1) is 16.7. The minimum absolute atomic E-state index is 0.124. The summed E-state index contributed by atoms with van der Waals surface area (Å²) in [4.78, 5) is 15.2. The second kappa shape index (κ2) is 9.39. The second-order valence-electron chi connectivity index (χ2n) is 8.98. The molecule has 2 aliphatic rings. The number of fused-ring (bicyclic) bond motifs is 1. The number of alkyl halides is 3. The summed E-state index contributed by atoms with van der Waals surface area (Å²) in [5.74, 6) is -0.375. The van der Waals surface area contributed by atoms with Crippen LogP contribution in [0.4, 0.5) is 13.2 Å². The van der Waals surface area contributed by atoms with Crippen molar-refractivity contribution in [1.82, 2.24) is 15.1 Å². The molecule has 2 heterocycles. The van der Waals surface area contributed by atoms with Gasteiger partial charge in [0, 0.05) is 34.2 Å². The van der Waals surface area contributed by atoms with E-state index in [0.717, 1.165) is 31.4 Å². The van der Waals surface area contributed by atoms with Crippen LogP contribution < -0.4 is 4.74 Å². The summed E-state index contributed by atoms with van der Waals surface area (Å²) < 4.78 is 41.1. The standard InChI is InChI=1S/C25H22Cl2F3N3O2/c26-21-11-16(14-1-4-19(5-2-14)35-25(28,29)30)12-22(27)20(21)10-15-7-8-33(24(15)34)18-3-6-23-17(9-18)13-31-32-23/h1-2,4-5,11-13,15,18H,3,6-10H2,(H,31,32)/t15-,18-/m0/s1. The summed E-state index contributed by atoms with van der Waals surface area (Å²) in [5.41, 5.74) is 4.35. The lowest BCUT2D eigenvalue weighted by Crippen LogP contribution is -2.41. The number of amides is 1. The molecule has 35 heavy (non-hydrogen) atoms. The molecule has 1 saturated heterocycles. The highest BCUT2D eigenvalue weighted by molar-refractivity contribution is 6.36. The van der Waals surface area contributed by atoms with E-state index in [9.17, 15) is 18.0 Å². The quantitative estimate of drug-likeness (QED) is 0.431. The van der Waals surface area contributed by atoms with Gasteiger partial charge < -0.3 is 9.64 Å². The molecule has 1 aliphatic heterocycles. The van der Waals surface area contributed by atoms with E-state index in [1.807, 2.05) is 11.1 Å². The number of likely N-dealkylation sites (tertiary alicyclic amines) is 1. The minimum atomic E-state index is -4.75. The molecule has 0 bridgehead atoms. The Bertz CT molecular complexity index is 1220. The summed E-state index contributed by atoms with van der Waals surface area (Å²) in [6.07, 6.45) is 0.887. The predicted molar refractivity (Wildman–Crippen MR) is 127 cm³/mol. The maximum atomic E-state index is 13.2. The number of hydrogen-bond donors (Lipinski definition) is 1. The molecule has 1 fully saturated rings. The Hall–Kier alpha value is -2.71. The number of carbonyl (C=O) groups excluding carboxylic acids is 1. The molecule has 3 aromatic rings. The zero-order chi connectivity index (χ0) is 24.7. The lowest BCUT2D eigenvalue weighted by atomic mass is 9.92. The van der Waals surface area contributed by atoms with E-state index in [4.69, 9.17) is 23.2 Å². The molecule has 0 unspecified atom stereocenters. The van der Waals surface area contributed by atoms with Gasteiger partial charge in [-0.3, -0.25) is 9.89 Å². The van der Waals surface area contributed by atoms with Gasteiger partial charge in [-0.05, 0) is 78.6 Å². The Kier molecular flexibility index (Phi) is 6.44. The number of aromatic amines is 1. The zero-order valence-electron chi connectivity index (χ0n) is 18.5. The van der Waals surface area contributed by atoms with Gasteiger partial charge in [-0.25, -0.2) is 0 Å². The number of aryl methyl sites for hydroxylation is 1. The first kappa shape index (κ1) is 24.0. The number of nitrogens with zero attached hydrogens (tertiary/aromatic N) is 2. The van der Waals surface area contributed by atoms with Crippen LogP contribution in [0.25, 0.3) is 11.1 Å². The summed E-state index contributed by atoms with van der Waals surface area (Å²) in [6, 6.07) is 9.12. The number of hydrogen-bond acceptors (Lipinski definition) is 3. The van der Waals surface area contributed by atoms with Gasteiger partial charge in [-0.2, -0.15) is 5.10 Å². The molecule has 2 atom stereocenters. The van der Waals surface area contributed by atoms with Crippen LogP contribution in [0.1, 0.15) is 29.7 Å². The summed E-state index contributed by atoms with van der Waals surface area (Å²) >= 11 is 13.1. The number of ether oxygens (including phenoxy) is 1. The third-order valence-corrected chi connectivity index (χ3v) is 7.47. The molecular formula is C25H22Cl2F3N3O2. The Labute approximate surface area is 210 Å². The SMILES string of the molecule is O=C1[C@H](Cc2c(Cl)cc(-c3ccc(OC(F)(F)F)cc3)cc2Cl)CCN1[C@H]1CCc2[nH]ncc2C1. The fraction of sp³-hybridized carbons (Fsp3) is 0.360. The molecule has 1 aliphatic carbocycles. The maximum Gasteiger partial charge on any atom is 0.573 e. The van der Waals surface area contributed by atoms with Gasteiger partial charge >= 0.3 is 6.36 Å². The highest BCUT2D eigenvalue weighted by atomic mass is 35.5. The number of halogens is 5. The highest BCUT2D eigenvalue weighted by Gasteiger charge is 2.38. The second-order valence-corrected chi connectivity index (χ2v) is 9.80. The van der Waals surface area contributed by atoms with Crippen LogP contribution in [0.5, 0.6) is 5.75 Å². The number of carbonyl (C=O) groups is 1. The van der Waals surface area contributed by atoms with Gasteiger partial charge in [-0.1, -0.05) is 35.3 Å². The lowest BCUT2D eigenvalue weighted by molar-refractivity contribution is -0.274. The van der Waals surface area contributed by atoms with Crippen molar-refractivity contribution in [2.24, 2.45) is 5.92 Å². The first-order valence-electron chi connectivity index (χ1n) is 11.3. The van der Waals surface area contributed by atoms with Gasteiger partial charge in [0.2, 0.25) is 5.91 Å². The van der Waals surface area contributed by atoms with Gasteiger partial charge in [0.25, 0.3) is 0 Å². The Morgan fingerprint density at radius 2 is 1.80 bits per heavy atom. The van der Waals surface area contributed by atoms with E-state index in [2.05, 4.69) is 14.9 Å². The summed E-state index contributed by atoms with van der Waals surface area (Å²) in [6.45, 7) is 0.709. The zero-order valence-corrected chi connectivity index (χ0v) is 20.1. The number of aromatic nitrogens is 2. The first-order valence-corrected chi connectivity index (χ1v) is 12.1. The molecule has 0 saturated carbocycles.